The Balaban J connectivity index is 1.85. The minimum atomic E-state index is 0.867. The number of hydrogen-bond donors (Lipinski definition) is 1. The Hall–Kier alpha value is -3.08. The van der Waals surface area contributed by atoms with Gasteiger partial charge >= 0.3 is 0 Å². The minimum Gasteiger partial charge on any atom is -0.340 e. The molecule has 3 aromatic heterocycles. The van der Waals surface area contributed by atoms with Crippen LogP contribution in [0, 0.1) is 6.92 Å². The first-order valence-electron chi connectivity index (χ1n) is 8.98. The van der Waals surface area contributed by atoms with E-state index in [0.29, 0.717) is 0 Å². The van der Waals surface area contributed by atoms with Gasteiger partial charge < -0.3 is 4.98 Å². The first-order valence-corrected chi connectivity index (χ1v) is 8.98. The molecule has 0 amide bonds. The Morgan fingerprint density at radius 3 is 2.62 bits per heavy atom. The molecule has 5 heteroatoms. The molecule has 0 radical (unpaired) electrons. The lowest BCUT2D eigenvalue weighted by molar-refractivity contribution is 0.763. The number of benzene rings is 1. The van der Waals surface area contributed by atoms with Crippen molar-refractivity contribution >= 4 is 11.0 Å². The maximum atomic E-state index is 4.89. The monoisotopic (exact) mass is 343 g/mol. The molecule has 0 fully saturated rings. The maximum Gasteiger partial charge on any atom is 0.107 e. The van der Waals surface area contributed by atoms with Crippen LogP contribution < -0.4 is 0 Å². The van der Waals surface area contributed by atoms with Crippen LogP contribution in [0.15, 0.2) is 48.8 Å². The summed E-state index contributed by atoms with van der Waals surface area (Å²) < 4.78 is 0. The van der Waals surface area contributed by atoms with E-state index in [1.54, 1.807) is 12.4 Å². The van der Waals surface area contributed by atoms with Gasteiger partial charge in [-0.3, -0.25) is 15.0 Å². The molecule has 4 aromatic rings. The van der Waals surface area contributed by atoms with Crippen LogP contribution in [0.5, 0.6) is 0 Å². The number of fused-ring (bicyclic) bond motifs is 1. The highest BCUT2D eigenvalue weighted by Crippen LogP contribution is 2.31. The summed E-state index contributed by atoms with van der Waals surface area (Å²) in [5.74, 6) is 0.999. The quantitative estimate of drug-likeness (QED) is 0.569. The average molecular weight is 343 g/mol. The first-order chi connectivity index (χ1) is 12.7. The van der Waals surface area contributed by atoms with Gasteiger partial charge in [0.15, 0.2) is 0 Å². The summed E-state index contributed by atoms with van der Waals surface area (Å²) in [6.07, 6.45) is 6.60. The summed E-state index contributed by atoms with van der Waals surface area (Å²) in [6.45, 7) is 4.19. The second-order valence-corrected chi connectivity index (χ2v) is 6.43. The molecular weight excluding hydrogens is 322 g/mol. The van der Waals surface area contributed by atoms with Crippen molar-refractivity contribution in [3.63, 3.8) is 0 Å². The number of H-pyrrole nitrogens is 1. The lowest BCUT2D eigenvalue weighted by Gasteiger charge is -2.04. The zero-order valence-corrected chi connectivity index (χ0v) is 15.0. The summed E-state index contributed by atoms with van der Waals surface area (Å²) in [7, 11) is 0. The van der Waals surface area contributed by atoms with Crippen LogP contribution in [0.3, 0.4) is 0 Å². The molecule has 0 atom stereocenters. The number of nitrogens with zero attached hydrogens (tertiary/aromatic N) is 4. The molecule has 130 valence electrons. The van der Waals surface area contributed by atoms with Crippen LogP contribution in [-0.4, -0.2) is 24.9 Å². The van der Waals surface area contributed by atoms with Crippen LogP contribution in [-0.2, 0) is 6.42 Å². The number of aromatic amines is 1. The highest BCUT2D eigenvalue weighted by atomic mass is 15.0. The molecule has 1 aromatic carbocycles. The van der Waals surface area contributed by atoms with E-state index in [-0.39, 0.29) is 0 Å². The normalized spacial score (nSPS) is 11.2. The Bertz CT molecular complexity index is 1050. The first kappa shape index (κ1) is 16.4. The number of rotatable bonds is 5. The third-order valence-corrected chi connectivity index (χ3v) is 4.41. The fourth-order valence-electron chi connectivity index (χ4n) is 3.07. The van der Waals surface area contributed by atoms with Crippen molar-refractivity contribution in [3.8, 4) is 22.6 Å². The number of aryl methyl sites for hydroxylation is 2. The molecular formula is C21H21N5. The smallest absolute Gasteiger partial charge is 0.107 e. The number of hydrogen-bond acceptors (Lipinski definition) is 4. The molecule has 0 spiro atoms. The van der Waals surface area contributed by atoms with E-state index in [4.69, 9.17) is 4.98 Å². The zero-order chi connectivity index (χ0) is 17.9. The topological polar surface area (TPSA) is 67.3 Å². The fourth-order valence-corrected chi connectivity index (χ4v) is 3.07. The van der Waals surface area contributed by atoms with E-state index in [2.05, 4.69) is 32.9 Å². The number of aromatic nitrogens is 5. The summed E-state index contributed by atoms with van der Waals surface area (Å²) in [4.78, 5) is 21.8. The van der Waals surface area contributed by atoms with E-state index in [0.717, 1.165) is 64.5 Å². The predicted octanol–water partition coefficient (Wildman–Crippen LogP) is 4.73. The van der Waals surface area contributed by atoms with E-state index >= 15 is 0 Å². The summed E-state index contributed by atoms with van der Waals surface area (Å²) in [5, 5.41) is 0. The van der Waals surface area contributed by atoms with Gasteiger partial charge in [0.2, 0.25) is 0 Å². The van der Waals surface area contributed by atoms with Crippen molar-refractivity contribution in [2.45, 2.75) is 33.1 Å². The fraction of sp³-hybridized carbons (Fsp3) is 0.238. The van der Waals surface area contributed by atoms with Crippen LogP contribution in [0.1, 0.15) is 31.3 Å². The third-order valence-electron chi connectivity index (χ3n) is 4.41. The molecule has 0 aliphatic heterocycles. The van der Waals surface area contributed by atoms with Crippen LogP contribution in [0.25, 0.3) is 33.7 Å². The van der Waals surface area contributed by atoms with Gasteiger partial charge in [-0.1, -0.05) is 25.5 Å². The van der Waals surface area contributed by atoms with E-state index < -0.39 is 0 Å². The Morgan fingerprint density at radius 1 is 0.962 bits per heavy atom. The number of pyridine rings is 1. The largest absolute Gasteiger partial charge is 0.340 e. The second-order valence-electron chi connectivity index (χ2n) is 6.43. The molecule has 0 bridgehead atoms. The second kappa shape index (κ2) is 7.04. The van der Waals surface area contributed by atoms with E-state index in [1.807, 2.05) is 37.3 Å². The van der Waals surface area contributed by atoms with Gasteiger partial charge in [0.25, 0.3) is 0 Å². The molecule has 0 aliphatic rings. The lowest BCUT2D eigenvalue weighted by atomic mass is 10.1. The van der Waals surface area contributed by atoms with Crippen molar-refractivity contribution in [1.29, 1.82) is 0 Å². The predicted molar refractivity (Wildman–Crippen MR) is 104 cm³/mol. The minimum absolute atomic E-state index is 0.867. The van der Waals surface area contributed by atoms with E-state index in [1.165, 1.54) is 0 Å². The third kappa shape index (κ3) is 3.20. The van der Waals surface area contributed by atoms with E-state index in [9.17, 15) is 0 Å². The van der Waals surface area contributed by atoms with Gasteiger partial charge in [0.05, 0.1) is 28.1 Å². The standard InChI is InChI=1S/C21H21N5/c1-3-4-8-19-25-20(21(26-19)17-7-5-6-14(2)24-17)15-9-10-16-18(13-15)23-12-11-22-16/h5-7,9-13H,3-4,8H2,1-2H3,(H,25,26). The highest BCUT2D eigenvalue weighted by molar-refractivity contribution is 5.84. The van der Waals surface area contributed by atoms with Crippen molar-refractivity contribution in [2.75, 3.05) is 0 Å². The van der Waals surface area contributed by atoms with Gasteiger partial charge in [-0.25, -0.2) is 4.98 Å². The van der Waals surface area contributed by atoms with Crippen LogP contribution >= 0.6 is 0 Å². The number of imidazole rings is 1. The SMILES string of the molecule is CCCCc1nc(-c2ccc3nccnc3c2)c(-c2cccc(C)n2)[nH]1. The molecule has 0 saturated heterocycles. The van der Waals surface area contributed by atoms with Crippen molar-refractivity contribution in [2.24, 2.45) is 0 Å². The van der Waals surface area contributed by atoms with Crippen molar-refractivity contribution in [3.05, 3.63) is 60.3 Å². The van der Waals surface area contributed by atoms with Crippen molar-refractivity contribution < 1.29 is 0 Å². The Labute approximate surface area is 152 Å². The van der Waals surface area contributed by atoms with Crippen molar-refractivity contribution in [1.82, 2.24) is 24.9 Å². The number of unbranched alkanes of at least 4 members (excludes halogenated alkanes) is 1. The molecule has 26 heavy (non-hydrogen) atoms. The molecule has 0 saturated carbocycles. The molecule has 0 aliphatic carbocycles. The molecule has 1 N–H and O–H groups in total. The summed E-state index contributed by atoms with van der Waals surface area (Å²) in [5.41, 5.74) is 6.55. The molecule has 3 heterocycles. The molecule has 4 rings (SSSR count). The summed E-state index contributed by atoms with van der Waals surface area (Å²) in [6, 6.07) is 12.1. The Kier molecular flexibility index (Phi) is 4.44. The lowest BCUT2D eigenvalue weighted by Crippen LogP contribution is -1.90. The van der Waals surface area contributed by atoms with Gasteiger partial charge in [-0.2, -0.15) is 0 Å². The molecule has 5 nitrogen and oxygen atoms in total. The van der Waals surface area contributed by atoms with Gasteiger partial charge in [0.1, 0.15) is 5.82 Å². The number of nitrogens with one attached hydrogen (secondary N) is 1. The van der Waals surface area contributed by atoms with Crippen LogP contribution in [0.4, 0.5) is 0 Å². The Morgan fingerprint density at radius 2 is 1.81 bits per heavy atom. The average Bonchev–Trinajstić information content (AvgIpc) is 3.10. The maximum absolute atomic E-state index is 4.89. The van der Waals surface area contributed by atoms with Gasteiger partial charge in [-0.05, 0) is 37.6 Å². The zero-order valence-electron chi connectivity index (χ0n) is 15.0. The highest BCUT2D eigenvalue weighted by Gasteiger charge is 2.16. The van der Waals surface area contributed by atoms with Gasteiger partial charge in [0, 0.05) is 30.1 Å². The van der Waals surface area contributed by atoms with Crippen LogP contribution in [0.2, 0.25) is 0 Å². The summed E-state index contributed by atoms with van der Waals surface area (Å²) >= 11 is 0. The molecule has 0 unspecified atom stereocenters. The van der Waals surface area contributed by atoms with Gasteiger partial charge in [-0.15, -0.1) is 0 Å².